The standard InChI is InChI=1S/C22H30ClN7O/c1-16-26-27-21(30(16)4)13-25-22(29(3)15-19-12-18(23)14-28(19)2)24-11-10-17-6-8-20(31-5)9-7-17/h6-9,12,14H,10-11,13,15H2,1-5H3,(H,24,25). The Balaban J connectivity index is 1.69. The lowest BCUT2D eigenvalue weighted by Crippen LogP contribution is -2.40. The number of aryl methyl sites for hydroxylation is 2. The topological polar surface area (TPSA) is 72.5 Å². The summed E-state index contributed by atoms with van der Waals surface area (Å²) in [5.41, 5.74) is 2.33. The zero-order chi connectivity index (χ0) is 22.4. The Kier molecular flexibility index (Phi) is 7.57. The Bertz CT molecular complexity index is 1020. The Hall–Kier alpha value is -3.00. The second kappa shape index (κ2) is 10.3. The Morgan fingerprint density at radius 3 is 2.55 bits per heavy atom. The van der Waals surface area contributed by atoms with Crippen LogP contribution in [0.4, 0.5) is 0 Å². The molecule has 0 aliphatic heterocycles. The van der Waals surface area contributed by atoms with E-state index in [1.807, 2.05) is 61.6 Å². The number of guanidine groups is 1. The van der Waals surface area contributed by atoms with E-state index >= 15 is 0 Å². The number of rotatable bonds is 8. The zero-order valence-corrected chi connectivity index (χ0v) is 19.5. The second-order valence-corrected chi connectivity index (χ2v) is 7.94. The van der Waals surface area contributed by atoms with Crippen molar-refractivity contribution in [3.63, 3.8) is 0 Å². The van der Waals surface area contributed by atoms with E-state index in [-0.39, 0.29) is 0 Å². The third-order valence-corrected chi connectivity index (χ3v) is 5.45. The van der Waals surface area contributed by atoms with Crippen LogP contribution in [0.15, 0.2) is 41.5 Å². The molecule has 166 valence electrons. The molecule has 0 bridgehead atoms. The normalized spacial score (nSPS) is 11.6. The fraction of sp³-hybridized carbons (Fsp3) is 0.409. The van der Waals surface area contributed by atoms with Crippen LogP contribution < -0.4 is 10.1 Å². The van der Waals surface area contributed by atoms with Gasteiger partial charge in [-0.3, -0.25) is 0 Å². The van der Waals surface area contributed by atoms with Gasteiger partial charge in [0.25, 0.3) is 0 Å². The van der Waals surface area contributed by atoms with Gasteiger partial charge in [0, 0.05) is 39.6 Å². The molecule has 0 saturated heterocycles. The molecular weight excluding hydrogens is 414 g/mol. The first-order valence-electron chi connectivity index (χ1n) is 10.2. The number of hydrogen-bond donors (Lipinski definition) is 1. The highest BCUT2D eigenvalue weighted by molar-refractivity contribution is 6.30. The molecular formula is C22H30ClN7O. The van der Waals surface area contributed by atoms with Crippen LogP contribution >= 0.6 is 11.6 Å². The Morgan fingerprint density at radius 1 is 1.23 bits per heavy atom. The maximum absolute atomic E-state index is 6.15. The number of methoxy groups -OCH3 is 1. The summed E-state index contributed by atoms with van der Waals surface area (Å²) >= 11 is 6.15. The largest absolute Gasteiger partial charge is 0.497 e. The summed E-state index contributed by atoms with van der Waals surface area (Å²) in [5, 5.41) is 12.5. The molecule has 0 amide bonds. The van der Waals surface area contributed by atoms with Crippen LogP contribution in [0.5, 0.6) is 5.75 Å². The number of benzene rings is 1. The van der Waals surface area contributed by atoms with Crippen LogP contribution in [0.3, 0.4) is 0 Å². The number of aliphatic imine (C=N–C) groups is 1. The summed E-state index contributed by atoms with van der Waals surface area (Å²) in [7, 11) is 7.63. The minimum atomic E-state index is 0.445. The number of hydrogen-bond acceptors (Lipinski definition) is 4. The SMILES string of the molecule is COc1ccc(CCNC(=NCc2nnc(C)n2C)N(C)Cc2cc(Cl)cn2C)cc1. The molecule has 3 rings (SSSR count). The van der Waals surface area contributed by atoms with Crippen LogP contribution in [-0.4, -0.2) is 50.9 Å². The van der Waals surface area contributed by atoms with Crippen molar-refractivity contribution in [3.8, 4) is 5.75 Å². The number of halogens is 1. The maximum Gasteiger partial charge on any atom is 0.194 e. The highest BCUT2D eigenvalue weighted by Gasteiger charge is 2.12. The summed E-state index contributed by atoms with van der Waals surface area (Å²) in [6.07, 6.45) is 2.77. The fourth-order valence-corrected chi connectivity index (χ4v) is 3.47. The molecule has 0 aliphatic carbocycles. The third kappa shape index (κ3) is 6.01. The molecule has 1 N–H and O–H groups in total. The van der Waals surface area contributed by atoms with Gasteiger partial charge < -0.3 is 24.1 Å². The van der Waals surface area contributed by atoms with Crippen molar-refractivity contribution in [2.75, 3.05) is 20.7 Å². The molecule has 3 aromatic rings. The van der Waals surface area contributed by atoms with Crippen molar-refractivity contribution in [2.24, 2.45) is 19.1 Å². The summed E-state index contributed by atoms with van der Waals surface area (Å²) in [5.74, 6) is 3.35. The quantitative estimate of drug-likeness (QED) is 0.428. The van der Waals surface area contributed by atoms with Gasteiger partial charge in [0.1, 0.15) is 18.1 Å². The molecule has 0 atom stereocenters. The lowest BCUT2D eigenvalue weighted by molar-refractivity contribution is 0.414. The highest BCUT2D eigenvalue weighted by atomic mass is 35.5. The average molecular weight is 444 g/mol. The maximum atomic E-state index is 6.15. The van der Waals surface area contributed by atoms with Gasteiger partial charge in [0.15, 0.2) is 11.8 Å². The van der Waals surface area contributed by atoms with Gasteiger partial charge >= 0.3 is 0 Å². The molecule has 0 radical (unpaired) electrons. The first kappa shape index (κ1) is 22.7. The smallest absolute Gasteiger partial charge is 0.194 e. The lowest BCUT2D eigenvalue weighted by atomic mass is 10.1. The second-order valence-electron chi connectivity index (χ2n) is 7.50. The minimum absolute atomic E-state index is 0.445. The molecule has 9 heteroatoms. The van der Waals surface area contributed by atoms with E-state index in [1.165, 1.54) is 5.56 Å². The van der Waals surface area contributed by atoms with Crippen LogP contribution in [0.2, 0.25) is 5.02 Å². The summed E-state index contributed by atoms with van der Waals surface area (Å²) in [6.45, 7) is 3.80. The minimum Gasteiger partial charge on any atom is -0.497 e. The molecule has 0 saturated carbocycles. The molecule has 0 fully saturated rings. The predicted octanol–water partition coefficient (Wildman–Crippen LogP) is 2.94. The third-order valence-electron chi connectivity index (χ3n) is 5.24. The van der Waals surface area contributed by atoms with Gasteiger partial charge in [-0.05, 0) is 37.1 Å². The van der Waals surface area contributed by atoms with Crippen LogP contribution in [0, 0.1) is 6.92 Å². The van der Waals surface area contributed by atoms with E-state index in [0.29, 0.717) is 13.1 Å². The lowest BCUT2D eigenvalue weighted by Gasteiger charge is -2.23. The molecule has 2 heterocycles. The Labute approximate surface area is 188 Å². The molecule has 2 aromatic heterocycles. The highest BCUT2D eigenvalue weighted by Crippen LogP contribution is 2.15. The van der Waals surface area contributed by atoms with Gasteiger partial charge in [-0.25, -0.2) is 4.99 Å². The summed E-state index contributed by atoms with van der Waals surface area (Å²) in [6, 6.07) is 10.1. The van der Waals surface area contributed by atoms with E-state index in [4.69, 9.17) is 21.3 Å². The van der Waals surface area contributed by atoms with E-state index in [0.717, 1.165) is 47.0 Å². The van der Waals surface area contributed by atoms with Crippen molar-refractivity contribution in [1.82, 2.24) is 29.5 Å². The van der Waals surface area contributed by atoms with Gasteiger partial charge in [-0.1, -0.05) is 23.7 Å². The predicted molar refractivity (Wildman–Crippen MR) is 123 cm³/mol. The van der Waals surface area contributed by atoms with Crippen molar-refractivity contribution in [2.45, 2.75) is 26.4 Å². The molecule has 0 spiro atoms. The average Bonchev–Trinajstić information content (AvgIpc) is 3.25. The van der Waals surface area contributed by atoms with E-state index in [1.54, 1.807) is 7.11 Å². The van der Waals surface area contributed by atoms with E-state index < -0.39 is 0 Å². The fourth-order valence-electron chi connectivity index (χ4n) is 3.20. The first-order valence-corrected chi connectivity index (χ1v) is 10.5. The van der Waals surface area contributed by atoms with Gasteiger partial charge in [0.05, 0.1) is 18.7 Å². The van der Waals surface area contributed by atoms with Crippen molar-refractivity contribution in [1.29, 1.82) is 0 Å². The van der Waals surface area contributed by atoms with Gasteiger partial charge in [-0.15, -0.1) is 10.2 Å². The molecule has 8 nitrogen and oxygen atoms in total. The van der Waals surface area contributed by atoms with Gasteiger partial charge in [0.2, 0.25) is 0 Å². The molecule has 1 aromatic carbocycles. The summed E-state index contributed by atoms with van der Waals surface area (Å²) < 4.78 is 9.21. The van der Waals surface area contributed by atoms with Gasteiger partial charge in [-0.2, -0.15) is 0 Å². The van der Waals surface area contributed by atoms with Crippen molar-refractivity contribution >= 4 is 17.6 Å². The van der Waals surface area contributed by atoms with Crippen LogP contribution in [0.1, 0.15) is 22.9 Å². The zero-order valence-electron chi connectivity index (χ0n) is 18.8. The van der Waals surface area contributed by atoms with Crippen molar-refractivity contribution in [3.05, 3.63) is 64.5 Å². The summed E-state index contributed by atoms with van der Waals surface area (Å²) in [4.78, 5) is 6.89. The van der Waals surface area contributed by atoms with E-state index in [2.05, 4.69) is 32.5 Å². The number of aromatic nitrogens is 4. The van der Waals surface area contributed by atoms with Crippen LogP contribution in [-0.2, 0) is 33.6 Å². The molecule has 31 heavy (non-hydrogen) atoms. The van der Waals surface area contributed by atoms with Crippen molar-refractivity contribution < 1.29 is 4.74 Å². The molecule has 0 aliphatic rings. The first-order chi connectivity index (χ1) is 14.9. The number of nitrogens with zero attached hydrogens (tertiary/aromatic N) is 6. The molecule has 0 unspecified atom stereocenters. The number of nitrogens with one attached hydrogen (secondary N) is 1. The monoisotopic (exact) mass is 443 g/mol. The van der Waals surface area contributed by atoms with E-state index in [9.17, 15) is 0 Å². The van der Waals surface area contributed by atoms with Crippen LogP contribution in [0.25, 0.3) is 0 Å². The Morgan fingerprint density at radius 2 is 1.97 bits per heavy atom. The number of ether oxygens (including phenoxy) is 1.